The molecule has 0 spiro atoms. The maximum absolute atomic E-state index is 12.6. The molecule has 0 fully saturated rings. The van der Waals surface area contributed by atoms with Gasteiger partial charge in [0.15, 0.2) is 0 Å². The highest BCUT2D eigenvalue weighted by Crippen LogP contribution is 2.24. The highest BCUT2D eigenvalue weighted by atomic mass is 35.5. The lowest BCUT2D eigenvalue weighted by Crippen LogP contribution is -2.36. The molecule has 3 rings (SSSR count). The zero-order valence-corrected chi connectivity index (χ0v) is 16.3. The van der Waals surface area contributed by atoms with E-state index in [0.717, 1.165) is 55.8 Å². The molecule has 0 radical (unpaired) electrons. The van der Waals surface area contributed by atoms with E-state index >= 15 is 0 Å². The first-order valence-electron chi connectivity index (χ1n) is 9.09. The minimum absolute atomic E-state index is 0. The third kappa shape index (κ3) is 6.28. The highest BCUT2D eigenvalue weighted by molar-refractivity contribution is 5.85. The number of nitrogens with one attached hydrogen (secondary N) is 1. The molecule has 1 amide bonds. The third-order valence-electron chi connectivity index (χ3n) is 4.86. The van der Waals surface area contributed by atoms with E-state index in [1.807, 2.05) is 30.1 Å². The van der Waals surface area contributed by atoms with E-state index < -0.39 is 0 Å². The van der Waals surface area contributed by atoms with Crippen LogP contribution in [-0.4, -0.2) is 41.0 Å². The molecule has 1 aromatic heterocycles. The number of rotatable bonds is 7. The van der Waals surface area contributed by atoms with Crippen molar-refractivity contribution in [2.45, 2.75) is 46.5 Å². The van der Waals surface area contributed by atoms with Crippen molar-refractivity contribution in [2.75, 3.05) is 20.2 Å². The second-order valence-corrected chi connectivity index (χ2v) is 6.90. The molecule has 1 atom stereocenters. The van der Waals surface area contributed by atoms with Crippen molar-refractivity contribution in [1.29, 1.82) is 0 Å². The number of aryl methyl sites for hydroxylation is 2. The number of nitrogens with zero attached hydrogens (tertiary/aromatic N) is 2. The lowest BCUT2D eigenvalue weighted by atomic mass is 9.89. The molecule has 152 valence electrons. The molecular formula is C21H34ClN3O2. The number of halogens is 1. The Morgan fingerprint density at radius 2 is 2.22 bits per heavy atom. The van der Waals surface area contributed by atoms with Crippen molar-refractivity contribution in [3.05, 3.63) is 47.5 Å². The van der Waals surface area contributed by atoms with Gasteiger partial charge in [0.2, 0.25) is 5.91 Å². The Labute approximate surface area is 170 Å². The Kier molecular flexibility index (Phi) is 9.36. The first-order chi connectivity index (χ1) is 12.1. The molecule has 2 aromatic rings. The molecule has 0 aliphatic heterocycles. The lowest BCUT2D eigenvalue weighted by molar-refractivity contribution is -0.134. The van der Waals surface area contributed by atoms with E-state index in [2.05, 4.69) is 23.0 Å². The molecule has 1 unspecified atom stereocenters. The maximum Gasteiger partial charge on any atom is 0.225 e. The molecule has 27 heavy (non-hydrogen) atoms. The van der Waals surface area contributed by atoms with Gasteiger partial charge in [-0.2, -0.15) is 0 Å². The highest BCUT2D eigenvalue weighted by Gasteiger charge is 2.27. The summed E-state index contributed by atoms with van der Waals surface area (Å²) in [7, 11) is 1.91. The molecule has 1 aliphatic carbocycles. The lowest BCUT2D eigenvalue weighted by Gasteiger charge is -2.26. The minimum Gasteiger partial charge on any atom is -0.494 e. The Hall–Kier alpha value is -2.01. The number of unbranched alkanes of at least 4 members (excludes halogenated alkanes) is 1. The summed E-state index contributed by atoms with van der Waals surface area (Å²) in [6.45, 7) is 3.53. The van der Waals surface area contributed by atoms with E-state index in [1.54, 1.807) is 6.33 Å². The maximum atomic E-state index is 12.6. The number of benzene rings is 1. The van der Waals surface area contributed by atoms with E-state index in [9.17, 15) is 4.79 Å². The second-order valence-electron chi connectivity index (χ2n) is 6.90. The molecule has 6 heteroatoms. The van der Waals surface area contributed by atoms with Crippen molar-refractivity contribution in [2.24, 2.45) is 5.92 Å². The predicted molar refractivity (Wildman–Crippen MR) is 114 cm³/mol. The van der Waals surface area contributed by atoms with Crippen LogP contribution in [0.2, 0.25) is 0 Å². The first-order valence-corrected chi connectivity index (χ1v) is 9.09. The van der Waals surface area contributed by atoms with E-state index in [1.165, 1.54) is 5.56 Å². The van der Waals surface area contributed by atoms with Gasteiger partial charge in [0.1, 0.15) is 5.75 Å². The summed E-state index contributed by atoms with van der Waals surface area (Å²) in [6.07, 6.45) is 6.21. The standard InChI is InChI=1S/C20H27N3O2.CH4.ClH.H2/c1-15-6-5-7-17(12-15)25-11-4-3-10-23(2)20(24)16-8-9-18-19(13-16)22-14-21-18;;;/h5-7,12,14,16H,3-4,8-11,13H2,1-2H3,(H,21,22);1H4;2*1H. The van der Waals surface area contributed by atoms with Gasteiger partial charge >= 0.3 is 0 Å². The largest absolute Gasteiger partial charge is 0.494 e. The normalized spacial score (nSPS) is 15.1. The second kappa shape index (κ2) is 11.0. The molecule has 1 N–H and O–H groups in total. The van der Waals surface area contributed by atoms with Crippen LogP contribution in [0.25, 0.3) is 0 Å². The summed E-state index contributed by atoms with van der Waals surface area (Å²) >= 11 is 0. The molecule has 0 bridgehead atoms. The molecule has 0 saturated carbocycles. The quantitative estimate of drug-likeness (QED) is 0.705. The number of carbonyl (C=O) groups is 1. The number of aromatic nitrogens is 2. The van der Waals surface area contributed by atoms with Crippen LogP contribution in [0.15, 0.2) is 30.6 Å². The van der Waals surface area contributed by atoms with Crippen LogP contribution < -0.4 is 4.74 Å². The smallest absolute Gasteiger partial charge is 0.225 e. The number of carbonyl (C=O) groups excluding carboxylic acids is 1. The van der Waals surface area contributed by atoms with Crippen molar-refractivity contribution < 1.29 is 11.0 Å². The van der Waals surface area contributed by atoms with Crippen LogP contribution in [0.4, 0.5) is 0 Å². The number of fused-ring (bicyclic) bond motifs is 1. The molecule has 1 aromatic carbocycles. The van der Waals surface area contributed by atoms with Gasteiger partial charge in [-0.1, -0.05) is 19.6 Å². The number of aromatic amines is 1. The van der Waals surface area contributed by atoms with Gasteiger partial charge in [0, 0.05) is 33.1 Å². The van der Waals surface area contributed by atoms with Crippen molar-refractivity contribution in [1.82, 2.24) is 14.9 Å². The molecule has 1 aliphatic rings. The van der Waals surface area contributed by atoms with Gasteiger partial charge in [0.25, 0.3) is 0 Å². The number of ether oxygens (including phenoxy) is 1. The fourth-order valence-corrected chi connectivity index (χ4v) is 3.38. The van der Waals surface area contributed by atoms with Gasteiger partial charge < -0.3 is 14.6 Å². The molecule has 5 nitrogen and oxygen atoms in total. The van der Waals surface area contributed by atoms with Crippen LogP contribution in [0, 0.1) is 12.8 Å². The molecule has 1 heterocycles. The van der Waals surface area contributed by atoms with Crippen molar-refractivity contribution in [3.8, 4) is 5.75 Å². The first kappa shape index (κ1) is 23.0. The Morgan fingerprint density at radius 1 is 1.41 bits per heavy atom. The fraction of sp³-hybridized carbons (Fsp3) is 0.524. The van der Waals surface area contributed by atoms with Crippen LogP contribution in [0.5, 0.6) is 5.75 Å². The third-order valence-corrected chi connectivity index (χ3v) is 4.86. The summed E-state index contributed by atoms with van der Waals surface area (Å²) in [6, 6.07) is 8.09. The topological polar surface area (TPSA) is 58.2 Å². The van der Waals surface area contributed by atoms with Crippen LogP contribution in [0.3, 0.4) is 0 Å². The SMILES string of the molecule is C.Cc1cccc(OCCCCN(C)C(=O)C2CCc3nc[nH]c3C2)c1.Cl.[HH]. The average Bonchev–Trinajstić information content (AvgIpc) is 3.08. The van der Waals surface area contributed by atoms with Crippen molar-refractivity contribution in [3.63, 3.8) is 0 Å². The summed E-state index contributed by atoms with van der Waals surface area (Å²) in [5.41, 5.74) is 3.46. The summed E-state index contributed by atoms with van der Waals surface area (Å²) in [5.74, 6) is 1.25. The van der Waals surface area contributed by atoms with Gasteiger partial charge in [-0.3, -0.25) is 4.79 Å². The van der Waals surface area contributed by atoms with Crippen LogP contribution in [-0.2, 0) is 17.6 Å². The number of imidazole rings is 1. The summed E-state index contributed by atoms with van der Waals surface area (Å²) in [5, 5.41) is 0. The number of H-pyrrole nitrogens is 1. The summed E-state index contributed by atoms with van der Waals surface area (Å²) in [4.78, 5) is 22.0. The monoisotopic (exact) mass is 395 g/mol. The van der Waals surface area contributed by atoms with Gasteiger partial charge in [-0.25, -0.2) is 4.98 Å². The van der Waals surface area contributed by atoms with Crippen LogP contribution >= 0.6 is 12.4 Å². The van der Waals surface area contributed by atoms with Crippen molar-refractivity contribution >= 4 is 18.3 Å². The predicted octanol–water partition coefficient (Wildman–Crippen LogP) is 4.44. The van der Waals surface area contributed by atoms with E-state index in [0.29, 0.717) is 6.61 Å². The number of hydrogen-bond acceptors (Lipinski definition) is 3. The fourth-order valence-electron chi connectivity index (χ4n) is 3.38. The Balaban J connectivity index is 0.00000243. The molecular weight excluding hydrogens is 362 g/mol. The Bertz CT molecular complexity index is 723. The minimum atomic E-state index is 0. The number of hydrogen-bond donors (Lipinski definition) is 1. The summed E-state index contributed by atoms with van der Waals surface area (Å²) < 4.78 is 5.76. The van der Waals surface area contributed by atoms with Crippen LogP contribution in [0.1, 0.15) is 45.1 Å². The van der Waals surface area contributed by atoms with Gasteiger partial charge in [-0.15, -0.1) is 12.4 Å². The molecule has 0 saturated heterocycles. The zero-order valence-electron chi connectivity index (χ0n) is 15.5. The van der Waals surface area contributed by atoms with Gasteiger partial charge in [-0.05, 0) is 50.3 Å². The zero-order chi connectivity index (χ0) is 17.6. The number of amides is 1. The van der Waals surface area contributed by atoms with E-state index in [4.69, 9.17) is 4.74 Å². The average molecular weight is 396 g/mol. The Morgan fingerprint density at radius 3 is 3.00 bits per heavy atom. The van der Waals surface area contributed by atoms with E-state index in [-0.39, 0.29) is 33.1 Å². The van der Waals surface area contributed by atoms with Gasteiger partial charge in [0.05, 0.1) is 18.6 Å².